The Balaban J connectivity index is 0.00000107. The summed E-state index contributed by atoms with van der Waals surface area (Å²) in [6, 6.07) is 9.35. The minimum Gasteiger partial charge on any atom is -0.483 e. The molecule has 2 atom stereocenters. The number of nitrogens with one attached hydrogen (secondary N) is 1. The third-order valence-electron chi connectivity index (χ3n) is 5.63. The van der Waals surface area contributed by atoms with E-state index in [1.807, 2.05) is 49.3 Å². The molecule has 0 bridgehead atoms. The highest BCUT2D eigenvalue weighted by Crippen LogP contribution is 2.35. The third-order valence-corrected chi connectivity index (χ3v) is 5.63. The Kier molecular flexibility index (Phi) is 8.07. The number of piperidine rings is 1. The first-order chi connectivity index (χ1) is 14.6. The SMILES string of the molecule is Cc1nc(C)c(CC(=O)N2CC[C@](O)(c3ccccc3)[C@H](N(C)C)C2)c(=O)[nH]1.O=CO. The van der Waals surface area contributed by atoms with Gasteiger partial charge in [0.2, 0.25) is 5.91 Å². The van der Waals surface area contributed by atoms with Gasteiger partial charge < -0.3 is 25.0 Å². The second kappa shape index (κ2) is 10.3. The van der Waals surface area contributed by atoms with Crippen LogP contribution in [0.15, 0.2) is 35.1 Å². The number of H-pyrrole nitrogens is 1. The highest BCUT2D eigenvalue weighted by atomic mass is 16.3. The Bertz CT molecular complexity index is 960. The summed E-state index contributed by atoms with van der Waals surface area (Å²) in [4.78, 5) is 44.1. The third kappa shape index (κ3) is 5.56. The predicted octanol–water partition coefficient (Wildman–Crippen LogP) is 0.680. The van der Waals surface area contributed by atoms with Crippen molar-refractivity contribution in [2.45, 2.75) is 38.3 Å². The van der Waals surface area contributed by atoms with Crippen LogP contribution in [0.1, 0.15) is 29.1 Å². The molecule has 1 aromatic carbocycles. The summed E-state index contributed by atoms with van der Waals surface area (Å²) in [5.74, 6) is 0.415. The Morgan fingerprint density at radius 3 is 2.48 bits per heavy atom. The van der Waals surface area contributed by atoms with E-state index >= 15 is 0 Å². The first kappa shape index (κ1) is 24.2. The number of aryl methyl sites for hydroxylation is 2. The molecule has 9 nitrogen and oxygen atoms in total. The summed E-state index contributed by atoms with van der Waals surface area (Å²) in [5.41, 5.74) is 0.550. The Labute approximate surface area is 181 Å². The molecular formula is C22H30N4O5. The van der Waals surface area contributed by atoms with E-state index in [0.717, 1.165) is 5.56 Å². The molecule has 31 heavy (non-hydrogen) atoms. The normalized spacial score (nSPS) is 20.7. The van der Waals surface area contributed by atoms with Crippen LogP contribution in [0.4, 0.5) is 0 Å². The molecule has 9 heteroatoms. The van der Waals surface area contributed by atoms with E-state index in [1.165, 1.54) is 0 Å². The minimum atomic E-state index is -1.03. The van der Waals surface area contributed by atoms with E-state index in [2.05, 4.69) is 9.97 Å². The zero-order valence-corrected chi connectivity index (χ0v) is 18.3. The zero-order chi connectivity index (χ0) is 23.2. The average Bonchev–Trinajstić information content (AvgIpc) is 2.72. The number of carboxylic acid groups (broad SMARTS) is 1. The lowest BCUT2D eigenvalue weighted by molar-refractivity contribution is -0.141. The van der Waals surface area contributed by atoms with Crippen molar-refractivity contribution in [2.75, 3.05) is 27.2 Å². The molecule has 1 aliphatic rings. The van der Waals surface area contributed by atoms with Crippen molar-refractivity contribution in [3.05, 3.63) is 63.3 Å². The van der Waals surface area contributed by atoms with E-state index in [1.54, 1.807) is 18.7 Å². The fourth-order valence-electron chi connectivity index (χ4n) is 4.03. The Morgan fingerprint density at radius 1 is 1.32 bits per heavy atom. The summed E-state index contributed by atoms with van der Waals surface area (Å²) in [7, 11) is 3.82. The number of aromatic amines is 1. The number of nitrogens with zero attached hydrogens (tertiary/aromatic N) is 3. The molecule has 1 amide bonds. The number of amides is 1. The number of carbonyl (C=O) groups excluding carboxylic acids is 1. The average molecular weight is 431 g/mol. The van der Waals surface area contributed by atoms with Crippen molar-refractivity contribution < 1.29 is 19.8 Å². The van der Waals surface area contributed by atoms with Gasteiger partial charge in [0.1, 0.15) is 11.4 Å². The van der Waals surface area contributed by atoms with Gasteiger partial charge in [0.15, 0.2) is 0 Å². The van der Waals surface area contributed by atoms with Crippen molar-refractivity contribution in [3.63, 3.8) is 0 Å². The molecule has 1 aliphatic heterocycles. The molecule has 0 unspecified atom stereocenters. The van der Waals surface area contributed by atoms with Gasteiger partial charge in [0.05, 0.1) is 12.5 Å². The van der Waals surface area contributed by atoms with Crippen molar-refractivity contribution in [2.24, 2.45) is 0 Å². The van der Waals surface area contributed by atoms with Crippen LogP contribution in [0.25, 0.3) is 0 Å². The fraction of sp³-hybridized carbons (Fsp3) is 0.455. The molecule has 2 aromatic rings. The van der Waals surface area contributed by atoms with Gasteiger partial charge in [-0.1, -0.05) is 30.3 Å². The van der Waals surface area contributed by atoms with Gasteiger partial charge in [-0.15, -0.1) is 0 Å². The molecule has 3 N–H and O–H groups in total. The quantitative estimate of drug-likeness (QED) is 0.609. The number of likely N-dealkylation sites (tertiary alicyclic amines) is 1. The summed E-state index contributed by atoms with van der Waals surface area (Å²) >= 11 is 0. The van der Waals surface area contributed by atoms with Gasteiger partial charge in [-0.2, -0.15) is 0 Å². The number of carbonyl (C=O) groups is 2. The number of rotatable bonds is 4. The Morgan fingerprint density at radius 2 is 1.94 bits per heavy atom. The number of hydrogen-bond donors (Lipinski definition) is 3. The fourth-order valence-corrected chi connectivity index (χ4v) is 4.03. The summed E-state index contributed by atoms with van der Waals surface area (Å²) < 4.78 is 0. The molecular weight excluding hydrogens is 400 g/mol. The maximum Gasteiger partial charge on any atom is 0.290 e. The van der Waals surface area contributed by atoms with Crippen LogP contribution in [-0.4, -0.2) is 75.6 Å². The van der Waals surface area contributed by atoms with Gasteiger partial charge in [-0.25, -0.2) is 4.98 Å². The van der Waals surface area contributed by atoms with Gasteiger partial charge in [0, 0.05) is 24.3 Å². The van der Waals surface area contributed by atoms with Gasteiger partial charge >= 0.3 is 0 Å². The monoisotopic (exact) mass is 430 g/mol. The smallest absolute Gasteiger partial charge is 0.290 e. The van der Waals surface area contributed by atoms with Gasteiger partial charge in [-0.05, 0) is 39.9 Å². The number of aliphatic hydroxyl groups is 1. The maximum absolute atomic E-state index is 12.9. The molecule has 1 aromatic heterocycles. The highest BCUT2D eigenvalue weighted by Gasteiger charge is 2.45. The van der Waals surface area contributed by atoms with Crippen LogP contribution in [0, 0.1) is 13.8 Å². The van der Waals surface area contributed by atoms with Crippen LogP contribution >= 0.6 is 0 Å². The second-order valence-corrected chi connectivity index (χ2v) is 7.86. The van der Waals surface area contributed by atoms with Gasteiger partial charge in [0.25, 0.3) is 12.0 Å². The van der Waals surface area contributed by atoms with E-state index in [-0.39, 0.29) is 30.4 Å². The first-order valence-corrected chi connectivity index (χ1v) is 10.00. The largest absolute Gasteiger partial charge is 0.483 e. The van der Waals surface area contributed by atoms with Gasteiger partial charge in [-0.3, -0.25) is 14.4 Å². The molecule has 1 saturated heterocycles. The molecule has 1 fully saturated rings. The van der Waals surface area contributed by atoms with Crippen molar-refractivity contribution in [1.82, 2.24) is 19.8 Å². The summed E-state index contributed by atoms with van der Waals surface area (Å²) in [6.07, 6.45) is 0.450. The number of hydrogen-bond acceptors (Lipinski definition) is 6. The summed E-state index contributed by atoms with van der Waals surface area (Å²) in [5, 5.41) is 18.3. The zero-order valence-electron chi connectivity index (χ0n) is 18.3. The number of likely N-dealkylation sites (N-methyl/N-ethyl adjacent to an activating group) is 1. The van der Waals surface area contributed by atoms with Crippen LogP contribution in [-0.2, 0) is 21.6 Å². The van der Waals surface area contributed by atoms with Crippen molar-refractivity contribution in [1.29, 1.82) is 0 Å². The highest BCUT2D eigenvalue weighted by molar-refractivity contribution is 5.79. The molecule has 3 rings (SSSR count). The van der Waals surface area contributed by atoms with Crippen molar-refractivity contribution in [3.8, 4) is 0 Å². The number of benzene rings is 1. The van der Waals surface area contributed by atoms with E-state index < -0.39 is 5.60 Å². The van der Waals surface area contributed by atoms with Crippen LogP contribution in [0.2, 0.25) is 0 Å². The predicted molar refractivity (Wildman–Crippen MR) is 116 cm³/mol. The van der Waals surface area contributed by atoms with Crippen LogP contribution in [0.5, 0.6) is 0 Å². The molecule has 0 saturated carbocycles. The Hall–Kier alpha value is -3.04. The minimum absolute atomic E-state index is 0.0123. The topological polar surface area (TPSA) is 127 Å². The standard InChI is InChI=1S/C21H28N4O3.CH2O2/c1-14-17(20(27)23-15(2)22-14)12-19(26)25-11-10-21(28,18(13-25)24(3)4)16-8-6-5-7-9-16;2-1-3/h5-9,18,28H,10-13H2,1-4H3,(H,22,23,27);1H,(H,2,3)/t18-,21+;/m1./s1. The molecule has 0 radical (unpaired) electrons. The lowest BCUT2D eigenvalue weighted by Gasteiger charge is -2.47. The molecule has 168 valence electrons. The van der Waals surface area contributed by atoms with Crippen LogP contribution < -0.4 is 5.56 Å². The lowest BCUT2D eigenvalue weighted by Crippen LogP contribution is -2.60. The molecule has 0 spiro atoms. The van der Waals surface area contributed by atoms with E-state index in [9.17, 15) is 14.7 Å². The lowest BCUT2D eigenvalue weighted by atomic mass is 9.79. The second-order valence-electron chi connectivity index (χ2n) is 7.86. The van der Waals surface area contributed by atoms with E-state index in [0.29, 0.717) is 36.6 Å². The van der Waals surface area contributed by atoms with Crippen LogP contribution in [0.3, 0.4) is 0 Å². The molecule has 0 aliphatic carbocycles. The maximum atomic E-state index is 12.9. The molecule has 2 heterocycles. The number of aromatic nitrogens is 2. The van der Waals surface area contributed by atoms with E-state index in [4.69, 9.17) is 9.90 Å². The van der Waals surface area contributed by atoms with Crippen molar-refractivity contribution >= 4 is 12.4 Å². The summed E-state index contributed by atoms with van der Waals surface area (Å²) in [6.45, 7) is 4.05. The first-order valence-electron chi connectivity index (χ1n) is 10.00.